The molecule has 1 aromatic carbocycles. The standard InChI is InChI=1S/C14H11N3O3S/c1-20-7-2-5-11(18)9(6-7)10-4-3-8-12(15-10)16-14(21)17-13(8)19/h2-6,18H,1H3,(H2,15,16,17,19,21). The van der Waals surface area contributed by atoms with Gasteiger partial charge in [-0.2, -0.15) is 0 Å². The van der Waals surface area contributed by atoms with Crippen molar-refractivity contribution in [2.24, 2.45) is 0 Å². The molecule has 2 heterocycles. The van der Waals surface area contributed by atoms with Gasteiger partial charge in [0.25, 0.3) is 5.56 Å². The Bertz CT molecular complexity index is 946. The molecule has 3 N–H and O–H groups in total. The molecular weight excluding hydrogens is 290 g/mol. The molecule has 0 atom stereocenters. The summed E-state index contributed by atoms with van der Waals surface area (Å²) in [7, 11) is 1.54. The van der Waals surface area contributed by atoms with Crippen LogP contribution in [0.4, 0.5) is 0 Å². The molecule has 0 aliphatic rings. The van der Waals surface area contributed by atoms with Gasteiger partial charge in [0, 0.05) is 5.56 Å². The minimum absolute atomic E-state index is 0.0751. The highest BCUT2D eigenvalue weighted by Gasteiger charge is 2.09. The van der Waals surface area contributed by atoms with Crippen molar-refractivity contribution in [1.29, 1.82) is 0 Å². The van der Waals surface area contributed by atoms with Crippen molar-refractivity contribution in [3.8, 4) is 22.8 Å². The Hall–Kier alpha value is -2.67. The van der Waals surface area contributed by atoms with Crippen LogP contribution in [-0.2, 0) is 0 Å². The number of methoxy groups -OCH3 is 1. The summed E-state index contributed by atoms with van der Waals surface area (Å²) >= 11 is 4.93. The van der Waals surface area contributed by atoms with Gasteiger partial charge in [0.1, 0.15) is 17.1 Å². The zero-order valence-electron chi connectivity index (χ0n) is 11.0. The molecular formula is C14H11N3O3S. The first-order chi connectivity index (χ1) is 10.1. The number of phenols is 1. The molecule has 0 spiro atoms. The number of hydrogen-bond acceptors (Lipinski definition) is 5. The number of hydrogen-bond donors (Lipinski definition) is 3. The molecule has 0 fully saturated rings. The highest BCUT2D eigenvalue weighted by molar-refractivity contribution is 7.71. The molecule has 3 aromatic rings. The van der Waals surface area contributed by atoms with Crippen LogP contribution in [0.15, 0.2) is 35.1 Å². The normalized spacial score (nSPS) is 10.7. The predicted molar refractivity (Wildman–Crippen MR) is 81.2 cm³/mol. The minimum atomic E-state index is -0.303. The Morgan fingerprint density at radius 2 is 2.05 bits per heavy atom. The van der Waals surface area contributed by atoms with Crippen molar-refractivity contribution < 1.29 is 9.84 Å². The van der Waals surface area contributed by atoms with Crippen LogP contribution in [0.2, 0.25) is 0 Å². The number of pyridine rings is 1. The summed E-state index contributed by atoms with van der Waals surface area (Å²) in [5.41, 5.74) is 1.08. The van der Waals surface area contributed by atoms with Crippen LogP contribution in [0.3, 0.4) is 0 Å². The van der Waals surface area contributed by atoms with Crippen LogP contribution >= 0.6 is 12.2 Å². The number of aromatic amines is 2. The lowest BCUT2D eigenvalue weighted by Crippen LogP contribution is -2.08. The van der Waals surface area contributed by atoms with Crippen LogP contribution < -0.4 is 10.3 Å². The lowest BCUT2D eigenvalue weighted by atomic mass is 10.1. The van der Waals surface area contributed by atoms with Gasteiger partial charge in [0.15, 0.2) is 4.77 Å². The smallest absolute Gasteiger partial charge is 0.261 e. The molecule has 0 aliphatic carbocycles. The highest BCUT2D eigenvalue weighted by Crippen LogP contribution is 2.31. The van der Waals surface area contributed by atoms with E-state index in [0.717, 1.165) is 0 Å². The lowest BCUT2D eigenvalue weighted by Gasteiger charge is -2.07. The van der Waals surface area contributed by atoms with E-state index in [0.29, 0.717) is 28.0 Å². The molecule has 0 radical (unpaired) electrons. The summed E-state index contributed by atoms with van der Waals surface area (Å²) in [6.45, 7) is 0. The quantitative estimate of drug-likeness (QED) is 0.632. The van der Waals surface area contributed by atoms with Crippen LogP contribution in [0.1, 0.15) is 0 Å². The first kappa shape index (κ1) is 13.3. The van der Waals surface area contributed by atoms with E-state index >= 15 is 0 Å². The van der Waals surface area contributed by atoms with Gasteiger partial charge in [-0.1, -0.05) is 0 Å². The van der Waals surface area contributed by atoms with E-state index in [4.69, 9.17) is 17.0 Å². The van der Waals surface area contributed by atoms with E-state index in [-0.39, 0.29) is 16.1 Å². The molecule has 0 unspecified atom stereocenters. The van der Waals surface area contributed by atoms with E-state index < -0.39 is 0 Å². The van der Waals surface area contributed by atoms with Gasteiger partial charge in [0.2, 0.25) is 0 Å². The molecule has 0 bridgehead atoms. The van der Waals surface area contributed by atoms with Gasteiger partial charge in [-0.15, -0.1) is 0 Å². The molecule has 106 valence electrons. The molecule has 21 heavy (non-hydrogen) atoms. The lowest BCUT2D eigenvalue weighted by molar-refractivity contribution is 0.412. The van der Waals surface area contributed by atoms with Crippen molar-refractivity contribution in [2.45, 2.75) is 0 Å². The molecule has 0 saturated carbocycles. The summed E-state index contributed by atoms with van der Waals surface area (Å²) in [5, 5.41) is 10.4. The van der Waals surface area contributed by atoms with Gasteiger partial charge in [-0.25, -0.2) is 4.98 Å². The van der Waals surface area contributed by atoms with E-state index in [1.54, 1.807) is 31.4 Å². The molecule has 3 rings (SSSR count). The fourth-order valence-electron chi connectivity index (χ4n) is 2.04. The zero-order chi connectivity index (χ0) is 15.0. The third-order valence-corrected chi connectivity index (χ3v) is 3.28. The van der Waals surface area contributed by atoms with Crippen LogP contribution in [-0.4, -0.2) is 27.2 Å². The molecule has 0 amide bonds. The number of nitrogens with one attached hydrogen (secondary N) is 2. The van der Waals surface area contributed by atoms with Gasteiger partial charge in [0.05, 0.1) is 18.2 Å². The van der Waals surface area contributed by atoms with E-state index in [9.17, 15) is 9.90 Å². The van der Waals surface area contributed by atoms with Crippen molar-refractivity contribution in [3.05, 3.63) is 45.5 Å². The largest absolute Gasteiger partial charge is 0.507 e. The molecule has 6 nitrogen and oxygen atoms in total. The monoisotopic (exact) mass is 301 g/mol. The van der Waals surface area contributed by atoms with E-state index in [1.165, 1.54) is 6.07 Å². The third kappa shape index (κ3) is 2.38. The number of benzene rings is 1. The summed E-state index contributed by atoms with van der Waals surface area (Å²) < 4.78 is 5.34. The van der Waals surface area contributed by atoms with Crippen molar-refractivity contribution in [3.63, 3.8) is 0 Å². The maximum absolute atomic E-state index is 11.8. The fraction of sp³-hybridized carbons (Fsp3) is 0.0714. The van der Waals surface area contributed by atoms with E-state index in [2.05, 4.69) is 15.0 Å². The number of fused-ring (bicyclic) bond motifs is 1. The zero-order valence-corrected chi connectivity index (χ0v) is 11.8. The molecule has 0 aliphatic heterocycles. The SMILES string of the molecule is COc1ccc(O)c(-c2ccc3c(=O)[nH]c(=S)[nH]c3n2)c1. The number of aromatic hydroxyl groups is 1. The Kier molecular flexibility index (Phi) is 3.19. The second kappa shape index (κ2) is 5.02. The average molecular weight is 301 g/mol. The summed E-state index contributed by atoms with van der Waals surface area (Å²) in [4.78, 5) is 21.4. The van der Waals surface area contributed by atoms with Gasteiger partial charge < -0.3 is 14.8 Å². The van der Waals surface area contributed by atoms with Crippen LogP contribution in [0.5, 0.6) is 11.5 Å². The number of nitrogens with zero attached hydrogens (tertiary/aromatic N) is 1. The number of aromatic nitrogens is 3. The topological polar surface area (TPSA) is 91.0 Å². The number of rotatable bonds is 2. The predicted octanol–water partition coefficient (Wildman–Crippen LogP) is 2.36. The maximum atomic E-state index is 11.8. The van der Waals surface area contributed by atoms with Gasteiger partial charge in [-0.3, -0.25) is 9.78 Å². The van der Waals surface area contributed by atoms with Crippen molar-refractivity contribution in [2.75, 3.05) is 7.11 Å². The van der Waals surface area contributed by atoms with E-state index in [1.807, 2.05) is 0 Å². The third-order valence-electron chi connectivity index (χ3n) is 3.08. The number of phenolic OH excluding ortho intramolecular Hbond substituents is 1. The minimum Gasteiger partial charge on any atom is -0.507 e. The Morgan fingerprint density at radius 3 is 2.81 bits per heavy atom. The molecule has 7 heteroatoms. The van der Waals surface area contributed by atoms with Crippen molar-refractivity contribution >= 4 is 23.3 Å². The van der Waals surface area contributed by atoms with Gasteiger partial charge in [-0.05, 0) is 42.5 Å². The Morgan fingerprint density at radius 1 is 1.24 bits per heavy atom. The first-order valence-electron chi connectivity index (χ1n) is 6.09. The summed E-state index contributed by atoms with van der Waals surface area (Å²) in [6.07, 6.45) is 0. The summed E-state index contributed by atoms with van der Waals surface area (Å²) in [5.74, 6) is 0.676. The number of ether oxygens (including phenoxy) is 1. The first-order valence-corrected chi connectivity index (χ1v) is 6.50. The van der Waals surface area contributed by atoms with Gasteiger partial charge >= 0.3 is 0 Å². The van der Waals surface area contributed by atoms with Crippen LogP contribution in [0, 0.1) is 4.77 Å². The van der Waals surface area contributed by atoms with Crippen LogP contribution in [0.25, 0.3) is 22.3 Å². The summed E-state index contributed by atoms with van der Waals surface area (Å²) in [6, 6.07) is 8.13. The fourth-order valence-corrected chi connectivity index (χ4v) is 2.23. The average Bonchev–Trinajstić information content (AvgIpc) is 2.47. The highest BCUT2D eigenvalue weighted by atomic mass is 32.1. The Balaban J connectivity index is 2.26. The number of H-pyrrole nitrogens is 2. The molecule has 2 aromatic heterocycles. The maximum Gasteiger partial charge on any atom is 0.261 e. The second-order valence-corrected chi connectivity index (χ2v) is 4.79. The Labute approximate surface area is 124 Å². The van der Waals surface area contributed by atoms with Crippen molar-refractivity contribution in [1.82, 2.24) is 15.0 Å². The molecule has 0 saturated heterocycles. The second-order valence-electron chi connectivity index (χ2n) is 4.38.